The van der Waals surface area contributed by atoms with Crippen LogP contribution in [0, 0.1) is 35.5 Å². The highest BCUT2D eigenvalue weighted by atomic mass is 16.5. The van der Waals surface area contributed by atoms with E-state index in [1.54, 1.807) is 0 Å². The summed E-state index contributed by atoms with van der Waals surface area (Å²) in [7, 11) is 0. The average molecular weight is 649 g/mol. The van der Waals surface area contributed by atoms with Gasteiger partial charge >= 0.3 is 0 Å². The molecule has 0 spiro atoms. The first-order chi connectivity index (χ1) is 21.9. The Labute approximate surface area is 290 Å². The Bertz CT molecular complexity index is 724. The zero-order chi connectivity index (χ0) is 34.6. The first kappa shape index (κ1) is 45.4. The van der Waals surface area contributed by atoms with E-state index in [0.29, 0.717) is 19.8 Å². The number of aliphatic hydroxyl groups excluding tert-OH is 1. The van der Waals surface area contributed by atoms with E-state index in [1.807, 2.05) is 0 Å². The van der Waals surface area contributed by atoms with Gasteiger partial charge in [-0.05, 0) is 75.0 Å². The maximum atomic E-state index is 9.75. The highest BCUT2D eigenvalue weighted by Crippen LogP contribution is 2.23. The minimum atomic E-state index is -0.260. The maximum Gasteiger partial charge on any atom is 0.104 e. The van der Waals surface area contributed by atoms with Crippen molar-refractivity contribution in [3.8, 4) is 0 Å². The van der Waals surface area contributed by atoms with E-state index in [0.717, 1.165) is 48.3 Å². The maximum absolute atomic E-state index is 9.75. The summed E-state index contributed by atoms with van der Waals surface area (Å²) in [4.78, 5) is 0. The molecule has 0 aromatic heterocycles. The van der Waals surface area contributed by atoms with Gasteiger partial charge in [0.05, 0.1) is 26.4 Å². The van der Waals surface area contributed by atoms with Crippen molar-refractivity contribution in [2.24, 2.45) is 35.5 Å². The van der Waals surface area contributed by atoms with Gasteiger partial charge in [-0.3, -0.25) is 0 Å². The van der Waals surface area contributed by atoms with Gasteiger partial charge in [-0.25, -0.2) is 0 Å². The molecule has 3 nitrogen and oxygen atoms in total. The Balaban J connectivity index is 3.93. The Morgan fingerprint density at radius 3 is 1.22 bits per heavy atom. The highest BCUT2D eigenvalue weighted by Gasteiger charge is 2.10. The molecule has 5 atom stereocenters. The summed E-state index contributed by atoms with van der Waals surface area (Å²) in [6.07, 6.45) is 28.2. The lowest BCUT2D eigenvalue weighted by Gasteiger charge is -2.16. The van der Waals surface area contributed by atoms with Gasteiger partial charge in [0.1, 0.15) is 6.10 Å². The second-order valence-corrected chi connectivity index (χ2v) is 16.5. The standard InChI is InChI=1S/C43H84O3/c1-35(2)17-11-19-37(5)21-13-23-39(7)25-15-27-41(9)29-31-45-34-43(33-44)46-32-30-42(10)28-16-26-40(8)24-14-22-38(6)20-12-18-36(3)4/h29-30,35-40,43-44H,11-28,31-34H2,1-10H3/b41-29+,42-30+/t37-,38-,39-,40-,43+/m1/s1. The highest BCUT2D eigenvalue weighted by molar-refractivity contribution is 4.98. The van der Waals surface area contributed by atoms with E-state index in [1.165, 1.54) is 114 Å². The fourth-order valence-corrected chi connectivity index (χ4v) is 6.50. The Hall–Kier alpha value is -0.640. The van der Waals surface area contributed by atoms with Crippen molar-refractivity contribution in [3.63, 3.8) is 0 Å². The van der Waals surface area contributed by atoms with Gasteiger partial charge in [0.15, 0.2) is 0 Å². The summed E-state index contributed by atoms with van der Waals surface area (Å²) < 4.78 is 11.8. The molecule has 0 aromatic rings. The van der Waals surface area contributed by atoms with Crippen LogP contribution in [0.5, 0.6) is 0 Å². The van der Waals surface area contributed by atoms with Gasteiger partial charge in [0.25, 0.3) is 0 Å². The predicted octanol–water partition coefficient (Wildman–Crippen LogP) is 13.2. The molecule has 46 heavy (non-hydrogen) atoms. The molecule has 0 aliphatic heterocycles. The first-order valence-corrected chi connectivity index (χ1v) is 20.0. The molecule has 1 N–H and O–H groups in total. The molecular formula is C43H84O3. The van der Waals surface area contributed by atoms with Crippen molar-refractivity contribution < 1.29 is 14.6 Å². The van der Waals surface area contributed by atoms with Gasteiger partial charge in [-0.2, -0.15) is 0 Å². The lowest BCUT2D eigenvalue weighted by Crippen LogP contribution is -2.24. The van der Waals surface area contributed by atoms with Crippen molar-refractivity contribution in [1.29, 1.82) is 0 Å². The van der Waals surface area contributed by atoms with E-state index in [-0.39, 0.29) is 12.7 Å². The van der Waals surface area contributed by atoms with Gasteiger partial charge < -0.3 is 14.6 Å². The zero-order valence-electron chi connectivity index (χ0n) is 33.0. The molecule has 3 heteroatoms. The van der Waals surface area contributed by atoms with Crippen molar-refractivity contribution in [2.45, 2.75) is 191 Å². The zero-order valence-corrected chi connectivity index (χ0v) is 33.0. The topological polar surface area (TPSA) is 38.7 Å². The van der Waals surface area contributed by atoms with Crippen molar-refractivity contribution in [3.05, 3.63) is 23.3 Å². The normalized spacial score (nSPS) is 16.3. The summed E-state index contributed by atoms with van der Waals surface area (Å²) in [6, 6.07) is 0. The Kier molecular flexibility index (Phi) is 30.0. The summed E-state index contributed by atoms with van der Waals surface area (Å²) in [5.41, 5.74) is 2.80. The Morgan fingerprint density at radius 1 is 0.500 bits per heavy atom. The molecule has 0 amide bonds. The van der Waals surface area contributed by atoms with Crippen LogP contribution in [0.25, 0.3) is 0 Å². The van der Waals surface area contributed by atoms with Crippen LogP contribution in [0.2, 0.25) is 0 Å². The van der Waals surface area contributed by atoms with Crippen LogP contribution in [0.3, 0.4) is 0 Å². The summed E-state index contributed by atoms with van der Waals surface area (Å²) in [5, 5.41) is 9.75. The predicted molar refractivity (Wildman–Crippen MR) is 205 cm³/mol. The minimum absolute atomic E-state index is 0.00193. The lowest BCUT2D eigenvalue weighted by atomic mass is 9.91. The second kappa shape index (κ2) is 30.4. The molecule has 274 valence electrons. The molecule has 0 aliphatic carbocycles. The molecule has 0 unspecified atom stereocenters. The van der Waals surface area contributed by atoms with Gasteiger partial charge in [-0.1, -0.05) is 169 Å². The van der Waals surface area contributed by atoms with Crippen LogP contribution in [0.15, 0.2) is 23.3 Å². The number of hydrogen-bond acceptors (Lipinski definition) is 3. The van der Waals surface area contributed by atoms with Crippen LogP contribution >= 0.6 is 0 Å². The molecule has 0 aliphatic rings. The van der Waals surface area contributed by atoms with Crippen molar-refractivity contribution >= 4 is 0 Å². The minimum Gasteiger partial charge on any atom is -0.394 e. The van der Waals surface area contributed by atoms with Crippen LogP contribution < -0.4 is 0 Å². The van der Waals surface area contributed by atoms with Crippen LogP contribution in [-0.4, -0.2) is 37.6 Å². The van der Waals surface area contributed by atoms with E-state index >= 15 is 0 Å². The molecule has 0 aromatic carbocycles. The number of ether oxygens (including phenoxy) is 2. The summed E-state index contributed by atoms with van der Waals surface area (Å²) in [5.74, 6) is 5.09. The molecule has 0 saturated carbocycles. The summed E-state index contributed by atoms with van der Waals surface area (Å²) >= 11 is 0. The van der Waals surface area contributed by atoms with E-state index in [4.69, 9.17) is 9.47 Å². The SMILES string of the molecule is C/C(=C\COC[C@H](CO)OC/C=C(\C)CCC[C@H](C)CCC[C@H](C)CCCC(C)C)CCC[C@H](C)CCC[C@H](C)CCCC(C)C. The molecule has 0 bridgehead atoms. The van der Waals surface area contributed by atoms with Crippen LogP contribution in [0.1, 0.15) is 185 Å². The lowest BCUT2D eigenvalue weighted by molar-refractivity contribution is -0.0272. The molecule has 0 rings (SSSR count). The third kappa shape index (κ3) is 30.7. The van der Waals surface area contributed by atoms with Crippen molar-refractivity contribution in [2.75, 3.05) is 26.4 Å². The number of hydrogen-bond donors (Lipinski definition) is 1. The van der Waals surface area contributed by atoms with Crippen molar-refractivity contribution in [1.82, 2.24) is 0 Å². The fraction of sp³-hybridized carbons (Fsp3) is 0.907. The third-order valence-corrected chi connectivity index (χ3v) is 10.1. The van der Waals surface area contributed by atoms with Crippen LogP contribution in [0.4, 0.5) is 0 Å². The van der Waals surface area contributed by atoms with E-state index < -0.39 is 0 Å². The third-order valence-electron chi connectivity index (χ3n) is 10.1. The van der Waals surface area contributed by atoms with E-state index in [9.17, 15) is 5.11 Å². The smallest absolute Gasteiger partial charge is 0.104 e. The molecule has 0 radical (unpaired) electrons. The second-order valence-electron chi connectivity index (χ2n) is 16.5. The monoisotopic (exact) mass is 649 g/mol. The molecular weight excluding hydrogens is 564 g/mol. The molecule has 0 fully saturated rings. The number of rotatable bonds is 32. The average Bonchev–Trinajstić information content (AvgIpc) is 2.98. The Morgan fingerprint density at radius 2 is 0.848 bits per heavy atom. The van der Waals surface area contributed by atoms with E-state index in [2.05, 4.69) is 81.4 Å². The fourth-order valence-electron chi connectivity index (χ4n) is 6.50. The van der Waals surface area contributed by atoms with Crippen LogP contribution in [-0.2, 0) is 9.47 Å². The molecule has 0 heterocycles. The summed E-state index contributed by atoms with van der Waals surface area (Å²) in [6.45, 7) is 25.1. The number of aliphatic hydroxyl groups is 1. The van der Waals surface area contributed by atoms with Gasteiger partial charge in [0.2, 0.25) is 0 Å². The van der Waals surface area contributed by atoms with Gasteiger partial charge in [0, 0.05) is 0 Å². The van der Waals surface area contributed by atoms with Gasteiger partial charge in [-0.15, -0.1) is 0 Å². The largest absolute Gasteiger partial charge is 0.394 e. The number of allylic oxidation sites excluding steroid dienone is 2. The quantitative estimate of drug-likeness (QED) is 0.0582. The first-order valence-electron chi connectivity index (χ1n) is 20.0. The molecule has 0 saturated heterocycles.